The number of ether oxygens (including phenoxy) is 1. The van der Waals surface area contributed by atoms with Gasteiger partial charge in [-0.25, -0.2) is 32.7 Å². The van der Waals surface area contributed by atoms with E-state index in [1.54, 1.807) is 7.05 Å². The van der Waals surface area contributed by atoms with Gasteiger partial charge in [0.25, 0.3) is 11.9 Å². The van der Waals surface area contributed by atoms with E-state index in [1.807, 2.05) is 0 Å². The van der Waals surface area contributed by atoms with E-state index in [0.29, 0.717) is 18.5 Å². The molecule has 0 bridgehead atoms. The fourth-order valence-electron chi connectivity index (χ4n) is 1.69. The van der Waals surface area contributed by atoms with Crippen molar-refractivity contribution in [3.05, 3.63) is 41.4 Å². The lowest BCUT2D eigenvalue weighted by atomic mass is 10.2. The van der Waals surface area contributed by atoms with Crippen LogP contribution in [0.1, 0.15) is 48.5 Å². The second-order valence-corrected chi connectivity index (χ2v) is 6.16. The first-order valence-electron chi connectivity index (χ1n) is 9.54. The number of nitrogens with zero attached hydrogens (tertiary/aromatic N) is 3. The monoisotopic (exact) mass is 603 g/mol. The normalized spacial score (nSPS) is 10.1. The minimum Gasteiger partial charge on any atom is -0.481 e. The Labute approximate surface area is 232 Å². The standard InChI is InChI=1S/C8H3F5O2.C7H9NO3.C2H3NO.C2H3NS.C2H4O2.2CH4/c1-2(14)15-8-6(12)4(10)3(9)5(11)7(8)13;1-5-3-4-7(10)8(5)11-6(2)9;2*1-3-2-4;1-2(3)4;;/h1H3;1,3-4H2,2H3;2*1H3;1H3,(H,3,4);2*1H4. The second kappa shape index (κ2) is 25.0. The zero-order chi connectivity index (χ0) is 30.6. The highest BCUT2D eigenvalue weighted by Crippen LogP contribution is 2.29. The summed E-state index contributed by atoms with van der Waals surface area (Å²) in [5.41, 5.74) is 0.546. The summed E-state index contributed by atoms with van der Waals surface area (Å²) in [7, 11) is 2.97. The number of thiocarbonyl (C=S) groups is 1. The highest BCUT2D eigenvalue weighted by atomic mass is 32.1. The van der Waals surface area contributed by atoms with E-state index in [9.17, 15) is 36.3 Å². The number of aliphatic imine (C=N–C) groups is 2. The number of rotatable bonds is 2. The first kappa shape index (κ1) is 45.6. The molecule has 1 fully saturated rings. The average Bonchev–Trinajstić information content (AvgIpc) is 3.16. The van der Waals surface area contributed by atoms with E-state index in [0.717, 1.165) is 18.9 Å². The van der Waals surface area contributed by atoms with Gasteiger partial charge in [0, 0.05) is 41.3 Å². The number of isothiocyanates is 1. The Morgan fingerprint density at radius 3 is 1.48 bits per heavy atom. The predicted octanol–water partition coefficient (Wildman–Crippen LogP) is 4.94. The Bertz CT molecular complexity index is 1060. The highest BCUT2D eigenvalue weighted by Gasteiger charge is 2.28. The van der Waals surface area contributed by atoms with Crippen LogP contribution in [0.3, 0.4) is 0 Å². The molecule has 2 rings (SSSR count). The molecule has 0 atom stereocenters. The summed E-state index contributed by atoms with van der Waals surface area (Å²) in [5.74, 6) is -15.3. The molecule has 1 aromatic rings. The summed E-state index contributed by atoms with van der Waals surface area (Å²) in [5, 5.41) is 10.5. The molecule has 1 saturated heterocycles. The van der Waals surface area contributed by atoms with Crippen molar-refractivity contribution < 1.29 is 60.6 Å². The minimum absolute atomic E-state index is 0. The predicted molar refractivity (Wildman–Crippen MR) is 136 cm³/mol. The number of halogens is 5. The maximum absolute atomic E-state index is 12.8. The van der Waals surface area contributed by atoms with Gasteiger partial charge in [-0.2, -0.15) is 8.78 Å². The van der Waals surface area contributed by atoms with Crippen LogP contribution in [0.4, 0.5) is 22.0 Å². The summed E-state index contributed by atoms with van der Waals surface area (Å²) in [6, 6.07) is 0. The van der Waals surface area contributed by atoms with Gasteiger partial charge < -0.3 is 14.7 Å². The number of carbonyl (C=O) groups is 4. The number of aliphatic carboxylic acids is 1. The molecule has 40 heavy (non-hydrogen) atoms. The lowest BCUT2D eigenvalue weighted by Gasteiger charge is -2.13. The summed E-state index contributed by atoms with van der Waals surface area (Å²) in [6.07, 6.45) is 2.26. The van der Waals surface area contributed by atoms with Crippen molar-refractivity contribution in [3.63, 3.8) is 0 Å². The van der Waals surface area contributed by atoms with E-state index in [-0.39, 0.29) is 20.8 Å². The quantitative estimate of drug-likeness (QED) is 0.0724. The van der Waals surface area contributed by atoms with Crippen LogP contribution in [0, 0.1) is 29.1 Å². The Hall–Kier alpha value is -4.33. The van der Waals surface area contributed by atoms with Crippen molar-refractivity contribution in [2.75, 3.05) is 14.1 Å². The van der Waals surface area contributed by atoms with Crippen LogP contribution in [0.2, 0.25) is 0 Å². The fraction of sp³-hybridized carbons (Fsp3) is 0.391. The van der Waals surface area contributed by atoms with Crippen molar-refractivity contribution in [2.24, 2.45) is 9.98 Å². The molecule has 11 nitrogen and oxygen atoms in total. The molecule has 17 heteroatoms. The van der Waals surface area contributed by atoms with Crippen LogP contribution in [-0.4, -0.2) is 59.3 Å². The first-order chi connectivity index (χ1) is 17.5. The fourth-order valence-corrected chi connectivity index (χ4v) is 1.69. The Morgan fingerprint density at radius 1 is 0.900 bits per heavy atom. The van der Waals surface area contributed by atoms with E-state index in [2.05, 4.69) is 43.5 Å². The zero-order valence-corrected chi connectivity index (χ0v) is 21.4. The van der Waals surface area contributed by atoms with Crippen LogP contribution in [0.5, 0.6) is 5.75 Å². The number of carboxylic acid groups (broad SMARTS) is 1. The minimum atomic E-state index is -2.30. The number of benzene rings is 1. The van der Waals surface area contributed by atoms with Crippen LogP contribution >= 0.6 is 12.2 Å². The summed E-state index contributed by atoms with van der Waals surface area (Å²) in [6.45, 7) is 6.66. The van der Waals surface area contributed by atoms with Crippen molar-refractivity contribution in [2.45, 2.75) is 48.5 Å². The zero-order valence-electron chi connectivity index (χ0n) is 20.6. The van der Waals surface area contributed by atoms with Gasteiger partial charge in [-0.3, -0.25) is 14.4 Å². The van der Waals surface area contributed by atoms with Crippen LogP contribution in [0.15, 0.2) is 22.3 Å². The molecule has 1 aliphatic rings. The average molecular weight is 604 g/mol. The van der Waals surface area contributed by atoms with Gasteiger partial charge in [0.15, 0.2) is 0 Å². The molecule has 1 aromatic carbocycles. The number of carbonyl (C=O) groups excluding carboxylic acids is 4. The van der Waals surface area contributed by atoms with E-state index < -0.39 is 52.7 Å². The van der Waals surface area contributed by atoms with Gasteiger partial charge in [-0.1, -0.05) is 21.4 Å². The number of allylic oxidation sites excluding steroid dienone is 1. The van der Waals surface area contributed by atoms with Crippen LogP contribution in [-0.2, 0) is 28.8 Å². The van der Waals surface area contributed by atoms with Gasteiger partial charge in [0.2, 0.25) is 40.9 Å². The largest absolute Gasteiger partial charge is 0.481 e. The molecule has 0 radical (unpaired) electrons. The summed E-state index contributed by atoms with van der Waals surface area (Å²) >= 11 is 4.14. The van der Waals surface area contributed by atoms with E-state index in [1.165, 1.54) is 20.1 Å². The third kappa shape index (κ3) is 19.7. The Morgan fingerprint density at radius 2 is 1.25 bits per heavy atom. The third-order valence-electron chi connectivity index (χ3n) is 2.96. The number of isocyanates is 1. The lowest BCUT2D eigenvalue weighted by Crippen LogP contribution is -2.25. The second-order valence-electron chi connectivity index (χ2n) is 5.98. The maximum atomic E-state index is 12.8. The SMILES string of the molecule is C.C.C=C1CCC(=O)N1OC(C)=O.CC(=O)O.CC(=O)Oc1c(F)c(F)c(F)c(F)c1F.CN=C=O.CN=C=S. The molecular weight excluding hydrogens is 573 g/mol. The van der Waals surface area contributed by atoms with Gasteiger partial charge >= 0.3 is 11.9 Å². The molecule has 0 spiro atoms. The molecule has 1 N–H and O–H groups in total. The molecule has 0 unspecified atom stereocenters. The topological polar surface area (TPSA) is 152 Å². The van der Waals surface area contributed by atoms with E-state index >= 15 is 0 Å². The molecule has 0 saturated carbocycles. The Kier molecular flexibility index (Phi) is 28.5. The van der Waals surface area contributed by atoms with Crippen molar-refractivity contribution in [3.8, 4) is 5.75 Å². The van der Waals surface area contributed by atoms with Crippen LogP contribution in [0.25, 0.3) is 0 Å². The van der Waals surface area contributed by atoms with Crippen molar-refractivity contribution in [1.82, 2.24) is 5.06 Å². The van der Waals surface area contributed by atoms with Crippen molar-refractivity contribution >= 4 is 47.3 Å². The van der Waals surface area contributed by atoms with Crippen molar-refractivity contribution in [1.29, 1.82) is 0 Å². The number of carboxylic acids is 1. The number of hydrogen-bond acceptors (Lipinski definition) is 10. The molecule has 226 valence electrons. The van der Waals surface area contributed by atoms with Gasteiger partial charge in [0.1, 0.15) is 0 Å². The lowest BCUT2D eigenvalue weighted by molar-refractivity contribution is -0.184. The first-order valence-corrected chi connectivity index (χ1v) is 9.95. The van der Waals surface area contributed by atoms with Gasteiger partial charge in [-0.05, 0) is 18.6 Å². The molecule has 0 aliphatic carbocycles. The molecule has 1 heterocycles. The molecule has 0 aromatic heterocycles. The number of amides is 1. The summed E-state index contributed by atoms with van der Waals surface area (Å²) in [4.78, 5) is 60.4. The molecule has 1 amide bonds. The smallest absolute Gasteiger partial charge is 0.330 e. The third-order valence-corrected chi connectivity index (χ3v) is 3.14. The van der Waals surface area contributed by atoms with Gasteiger partial charge in [-0.15, -0.1) is 5.06 Å². The highest BCUT2D eigenvalue weighted by molar-refractivity contribution is 7.78. The van der Waals surface area contributed by atoms with Gasteiger partial charge in [0.05, 0.1) is 10.9 Å². The summed E-state index contributed by atoms with van der Waals surface area (Å²) < 4.78 is 66.9. The number of hydroxylamine groups is 2. The maximum Gasteiger partial charge on any atom is 0.330 e. The Balaban J connectivity index is -0.000000143. The van der Waals surface area contributed by atoms with E-state index in [4.69, 9.17) is 14.7 Å². The molecule has 1 aliphatic heterocycles. The van der Waals surface area contributed by atoms with Crippen LogP contribution < -0.4 is 4.74 Å². The molecular formula is C23H30F5N3O8S. The number of hydrogen-bond donors (Lipinski definition) is 1. The number of esters is 1.